The zero-order chi connectivity index (χ0) is 12.8. The summed E-state index contributed by atoms with van der Waals surface area (Å²) in [5, 5.41) is 4.19. The van der Waals surface area contributed by atoms with Crippen LogP contribution in [0.2, 0.25) is 0 Å². The van der Waals surface area contributed by atoms with Crippen molar-refractivity contribution in [3.8, 4) is 0 Å². The van der Waals surface area contributed by atoms with E-state index < -0.39 is 0 Å². The van der Waals surface area contributed by atoms with Crippen molar-refractivity contribution in [1.82, 2.24) is 14.8 Å². The van der Waals surface area contributed by atoms with Gasteiger partial charge in [0.2, 0.25) is 0 Å². The Hall–Kier alpha value is -1.68. The molecule has 1 unspecified atom stereocenters. The number of benzene rings is 1. The molecule has 0 saturated heterocycles. The minimum Gasteiger partial charge on any atom is -0.330 e. The van der Waals surface area contributed by atoms with Crippen molar-refractivity contribution in [2.45, 2.75) is 26.3 Å². The lowest BCUT2D eigenvalue weighted by Gasteiger charge is -2.14. The van der Waals surface area contributed by atoms with Crippen molar-refractivity contribution < 1.29 is 0 Å². The molecule has 2 aromatic rings. The Morgan fingerprint density at radius 2 is 2.00 bits per heavy atom. The van der Waals surface area contributed by atoms with Gasteiger partial charge in [-0.25, -0.2) is 4.98 Å². The van der Waals surface area contributed by atoms with Crippen molar-refractivity contribution in [1.29, 1.82) is 0 Å². The van der Waals surface area contributed by atoms with Crippen LogP contribution in [0.3, 0.4) is 0 Å². The third-order valence-electron chi connectivity index (χ3n) is 3.17. The smallest absolute Gasteiger partial charge is 0.138 e. The standard InChI is InChI=1S/C14H20N4/c1-2-18-14(16-11-17-18)9-13(10-15)8-12-6-4-3-5-7-12/h3-7,11,13H,2,8-10,15H2,1H3. The zero-order valence-corrected chi connectivity index (χ0v) is 10.8. The summed E-state index contributed by atoms with van der Waals surface area (Å²) in [5.74, 6) is 1.45. The van der Waals surface area contributed by atoms with Crippen molar-refractivity contribution in [2.24, 2.45) is 11.7 Å². The lowest BCUT2D eigenvalue weighted by molar-refractivity contribution is 0.492. The molecule has 0 bridgehead atoms. The van der Waals surface area contributed by atoms with Gasteiger partial charge in [-0.2, -0.15) is 5.10 Å². The van der Waals surface area contributed by atoms with E-state index in [1.165, 1.54) is 5.56 Å². The molecule has 4 heteroatoms. The van der Waals surface area contributed by atoms with E-state index in [0.29, 0.717) is 12.5 Å². The Labute approximate surface area is 108 Å². The molecule has 2 rings (SSSR count). The largest absolute Gasteiger partial charge is 0.330 e. The van der Waals surface area contributed by atoms with Gasteiger partial charge in [-0.05, 0) is 31.4 Å². The summed E-state index contributed by atoms with van der Waals surface area (Å²) in [6.07, 6.45) is 3.50. The number of nitrogens with two attached hydrogens (primary N) is 1. The van der Waals surface area contributed by atoms with Gasteiger partial charge < -0.3 is 5.73 Å². The van der Waals surface area contributed by atoms with Crippen LogP contribution in [-0.4, -0.2) is 21.3 Å². The number of nitrogens with zero attached hydrogens (tertiary/aromatic N) is 3. The number of aryl methyl sites for hydroxylation is 1. The number of rotatable bonds is 6. The highest BCUT2D eigenvalue weighted by Crippen LogP contribution is 2.12. The summed E-state index contributed by atoms with van der Waals surface area (Å²) >= 11 is 0. The van der Waals surface area contributed by atoms with Crippen molar-refractivity contribution >= 4 is 0 Å². The van der Waals surface area contributed by atoms with Gasteiger partial charge in [0.1, 0.15) is 12.2 Å². The molecule has 0 amide bonds. The first-order chi connectivity index (χ1) is 8.83. The third-order valence-corrected chi connectivity index (χ3v) is 3.17. The van der Waals surface area contributed by atoms with Crippen LogP contribution in [0.1, 0.15) is 18.3 Å². The van der Waals surface area contributed by atoms with Gasteiger partial charge in [0.25, 0.3) is 0 Å². The molecule has 96 valence electrons. The average molecular weight is 244 g/mol. The maximum atomic E-state index is 5.87. The number of aromatic nitrogens is 3. The molecule has 0 aliphatic carbocycles. The van der Waals surface area contributed by atoms with E-state index in [9.17, 15) is 0 Å². The Morgan fingerprint density at radius 3 is 2.67 bits per heavy atom. The second-order valence-corrected chi connectivity index (χ2v) is 4.49. The van der Waals surface area contributed by atoms with E-state index in [4.69, 9.17) is 5.73 Å². The Morgan fingerprint density at radius 1 is 1.22 bits per heavy atom. The average Bonchev–Trinajstić information content (AvgIpc) is 2.86. The minimum absolute atomic E-state index is 0.418. The van der Waals surface area contributed by atoms with Crippen molar-refractivity contribution in [3.05, 3.63) is 48.0 Å². The fourth-order valence-electron chi connectivity index (χ4n) is 2.15. The van der Waals surface area contributed by atoms with Crippen LogP contribution >= 0.6 is 0 Å². The molecule has 0 aliphatic heterocycles. The van der Waals surface area contributed by atoms with Gasteiger partial charge in [-0.1, -0.05) is 30.3 Å². The molecule has 0 spiro atoms. The van der Waals surface area contributed by atoms with Crippen LogP contribution in [0.25, 0.3) is 0 Å². The number of hydrogen-bond acceptors (Lipinski definition) is 3. The first kappa shape index (κ1) is 12.8. The van der Waals surface area contributed by atoms with Crippen LogP contribution in [-0.2, 0) is 19.4 Å². The first-order valence-electron chi connectivity index (χ1n) is 6.44. The summed E-state index contributed by atoms with van der Waals surface area (Å²) in [6.45, 7) is 3.61. The molecule has 1 aromatic heterocycles. The SMILES string of the molecule is CCn1ncnc1CC(CN)Cc1ccccc1. The minimum atomic E-state index is 0.418. The zero-order valence-electron chi connectivity index (χ0n) is 10.8. The lowest BCUT2D eigenvalue weighted by Crippen LogP contribution is -2.21. The molecule has 4 nitrogen and oxygen atoms in total. The predicted molar refractivity (Wildman–Crippen MR) is 72.1 cm³/mol. The Bertz CT molecular complexity index is 464. The van der Waals surface area contributed by atoms with Crippen molar-refractivity contribution in [3.63, 3.8) is 0 Å². The second kappa shape index (κ2) is 6.31. The van der Waals surface area contributed by atoms with Crippen LogP contribution < -0.4 is 5.73 Å². The molecular formula is C14H20N4. The predicted octanol–water partition coefficient (Wildman–Crippen LogP) is 1.66. The molecule has 2 N–H and O–H groups in total. The molecule has 18 heavy (non-hydrogen) atoms. The number of hydrogen-bond donors (Lipinski definition) is 1. The molecule has 1 aromatic carbocycles. The van der Waals surface area contributed by atoms with E-state index in [-0.39, 0.29) is 0 Å². The fraction of sp³-hybridized carbons (Fsp3) is 0.429. The summed E-state index contributed by atoms with van der Waals surface area (Å²) in [6, 6.07) is 10.5. The summed E-state index contributed by atoms with van der Waals surface area (Å²) < 4.78 is 1.94. The molecule has 1 atom stereocenters. The van der Waals surface area contributed by atoms with Crippen LogP contribution in [0.15, 0.2) is 36.7 Å². The van der Waals surface area contributed by atoms with E-state index in [1.54, 1.807) is 6.33 Å². The highest BCUT2D eigenvalue weighted by molar-refractivity contribution is 5.15. The van der Waals surface area contributed by atoms with Crippen molar-refractivity contribution in [2.75, 3.05) is 6.54 Å². The molecule has 0 saturated carbocycles. The van der Waals surface area contributed by atoms with Gasteiger partial charge in [0.15, 0.2) is 0 Å². The third kappa shape index (κ3) is 3.17. The van der Waals surface area contributed by atoms with Crippen LogP contribution in [0.4, 0.5) is 0 Å². The first-order valence-corrected chi connectivity index (χ1v) is 6.44. The van der Waals surface area contributed by atoms with E-state index in [1.807, 2.05) is 10.7 Å². The highest BCUT2D eigenvalue weighted by atomic mass is 15.3. The van der Waals surface area contributed by atoms with Crippen LogP contribution in [0, 0.1) is 5.92 Å². The summed E-state index contributed by atoms with van der Waals surface area (Å²) in [4.78, 5) is 4.31. The maximum Gasteiger partial charge on any atom is 0.138 e. The fourth-order valence-corrected chi connectivity index (χ4v) is 2.15. The Balaban J connectivity index is 2.02. The monoisotopic (exact) mass is 244 g/mol. The van der Waals surface area contributed by atoms with Gasteiger partial charge in [-0.3, -0.25) is 4.68 Å². The second-order valence-electron chi connectivity index (χ2n) is 4.49. The normalized spacial score (nSPS) is 12.6. The molecule has 1 heterocycles. The maximum absolute atomic E-state index is 5.87. The van der Waals surface area contributed by atoms with E-state index >= 15 is 0 Å². The van der Waals surface area contributed by atoms with Gasteiger partial charge in [0.05, 0.1) is 0 Å². The highest BCUT2D eigenvalue weighted by Gasteiger charge is 2.12. The Kier molecular flexibility index (Phi) is 4.47. The summed E-state index contributed by atoms with van der Waals surface area (Å²) in [5.41, 5.74) is 7.20. The lowest BCUT2D eigenvalue weighted by atomic mass is 9.96. The molecule has 0 fully saturated rings. The quantitative estimate of drug-likeness (QED) is 0.840. The van der Waals surface area contributed by atoms with Gasteiger partial charge >= 0.3 is 0 Å². The van der Waals surface area contributed by atoms with Gasteiger partial charge in [0, 0.05) is 13.0 Å². The summed E-state index contributed by atoms with van der Waals surface area (Å²) in [7, 11) is 0. The van der Waals surface area contributed by atoms with Gasteiger partial charge in [-0.15, -0.1) is 0 Å². The molecule has 0 radical (unpaired) electrons. The van der Waals surface area contributed by atoms with E-state index in [2.05, 4.69) is 41.3 Å². The van der Waals surface area contributed by atoms with E-state index in [0.717, 1.165) is 25.2 Å². The molecule has 0 aliphatic rings. The van der Waals surface area contributed by atoms with Crippen LogP contribution in [0.5, 0.6) is 0 Å². The topological polar surface area (TPSA) is 56.7 Å². The molecular weight excluding hydrogens is 224 g/mol.